The van der Waals surface area contributed by atoms with E-state index in [2.05, 4.69) is 29.6 Å². The molecule has 174 valence electrons. The van der Waals surface area contributed by atoms with Crippen molar-refractivity contribution in [2.75, 3.05) is 38.2 Å². The van der Waals surface area contributed by atoms with Gasteiger partial charge in [-0.3, -0.25) is 9.59 Å². The van der Waals surface area contributed by atoms with Crippen LogP contribution in [0.15, 0.2) is 48.5 Å². The maximum atomic E-state index is 12.6. The van der Waals surface area contributed by atoms with Crippen LogP contribution in [0.2, 0.25) is 0 Å². The first-order valence-corrected chi connectivity index (χ1v) is 12.5. The van der Waals surface area contributed by atoms with Gasteiger partial charge in [0.1, 0.15) is 13.2 Å². The summed E-state index contributed by atoms with van der Waals surface area (Å²) >= 11 is 1.57. The van der Waals surface area contributed by atoms with Gasteiger partial charge in [0.05, 0.1) is 0 Å². The van der Waals surface area contributed by atoms with Crippen LogP contribution in [0.3, 0.4) is 0 Å². The Morgan fingerprint density at radius 1 is 1.09 bits per heavy atom. The van der Waals surface area contributed by atoms with Crippen LogP contribution in [0, 0.1) is 11.8 Å². The van der Waals surface area contributed by atoms with Crippen LogP contribution < -0.4 is 5.32 Å². The predicted molar refractivity (Wildman–Crippen MR) is 127 cm³/mol. The first-order chi connectivity index (χ1) is 16.0. The first-order valence-electron chi connectivity index (χ1n) is 11.1. The first kappa shape index (κ1) is 23.2. The van der Waals surface area contributed by atoms with Crippen LogP contribution in [0.5, 0.6) is 0 Å². The smallest absolute Gasteiger partial charge is 0.407 e. The molecule has 2 aromatic rings. The second kappa shape index (κ2) is 10.3. The van der Waals surface area contributed by atoms with E-state index in [9.17, 15) is 14.4 Å². The molecule has 0 unspecified atom stereocenters. The standard InChI is InChI=1S/C25H28N2O5S/c1-33-11-10-27(14-23(28)29)24(30)21-12-16(21)13-26-25(31)32-15-22-19-8-4-2-6-17(19)18-7-3-5-9-20(18)22/h2-9,16,21-22H,10-15H2,1H3,(H,26,31)(H,28,29)/t16-,21-/m0/s1. The van der Waals surface area contributed by atoms with E-state index in [4.69, 9.17) is 9.84 Å². The monoisotopic (exact) mass is 468 g/mol. The van der Waals surface area contributed by atoms with Crippen molar-refractivity contribution >= 4 is 29.7 Å². The summed E-state index contributed by atoms with van der Waals surface area (Å²) in [7, 11) is 0. The Bertz CT molecular complexity index is 997. The fourth-order valence-electron chi connectivity index (χ4n) is 4.51. The molecule has 2 atom stereocenters. The number of carbonyl (C=O) groups is 3. The van der Waals surface area contributed by atoms with Crippen LogP contribution >= 0.6 is 11.8 Å². The van der Waals surface area contributed by atoms with Gasteiger partial charge in [-0.05, 0) is 40.8 Å². The molecule has 0 heterocycles. The molecule has 2 amide bonds. The van der Waals surface area contributed by atoms with Crippen LogP contribution in [-0.4, -0.2) is 66.2 Å². The Labute approximate surface area is 197 Å². The number of hydrogen-bond acceptors (Lipinski definition) is 5. The molecule has 8 heteroatoms. The minimum Gasteiger partial charge on any atom is -0.480 e. The summed E-state index contributed by atoms with van der Waals surface area (Å²) in [6, 6.07) is 16.3. The third-order valence-corrected chi connectivity index (χ3v) is 6.89. The number of carbonyl (C=O) groups excluding carboxylic acids is 2. The molecule has 2 aromatic carbocycles. The number of benzene rings is 2. The van der Waals surface area contributed by atoms with Crippen molar-refractivity contribution in [1.82, 2.24) is 10.2 Å². The van der Waals surface area contributed by atoms with E-state index in [0.29, 0.717) is 25.3 Å². The maximum absolute atomic E-state index is 12.6. The van der Waals surface area contributed by atoms with E-state index in [-0.39, 0.29) is 36.8 Å². The summed E-state index contributed by atoms with van der Waals surface area (Å²) in [5.74, 6) is -0.693. The van der Waals surface area contributed by atoms with Gasteiger partial charge in [0.2, 0.25) is 5.91 Å². The molecule has 0 aliphatic heterocycles. The Kier molecular flexibility index (Phi) is 7.23. The van der Waals surface area contributed by atoms with Gasteiger partial charge in [-0.15, -0.1) is 0 Å². The zero-order chi connectivity index (χ0) is 23.4. The highest BCUT2D eigenvalue weighted by Gasteiger charge is 2.45. The van der Waals surface area contributed by atoms with Crippen molar-refractivity contribution < 1.29 is 24.2 Å². The lowest BCUT2D eigenvalue weighted by Crippen LogP contribution is -2.39. The van der Waals surface area contributed by atoms with E-state index in [0.717, 1.165) is 11.1 Å². The van der Waals surface area contributed by atoms with Crippen molar-refractivity contribution in [2.45, 2.75) is 12.3 Å². The number of rotatable bonds is 10. The van der Waals surface area contributed by atoms with Gasteiger partial charge in [0.25, 0.3) is 0 Å². The van der Waals surface area contributed by atoms with Crippen LogP contribution in [0.4, 0.5) is 4.79 Å². The van der Waals surface area contributed by atoms with E-state index < -0.39 is 12.1 Å². The Morgan fingerprint density at radius 3 is 2.33 bits per heavy atom. The van der Waals surface area contributed by atoms with E-state index in [1.807, 2.05) is 30.5 Å². The average molecular weight is 469 g/mol. The van der Waals surface area contributed by atoms with E-state index in [1.165, 1.54) is 16.0 Å². The molecule has 0 spiro atoms. The molecule has 2 aliphatic rings. The van der Waals surface area contributed by atoms with Gasteiger partial charge in [0.15, 0.2) is 0 Å². The lowest BCUT2D eigenvalue weighted by molar-refractivity contribution is -0.144. The average Bonchev–Trinajstić information content (AvgIpc) is 3.53. The summed E-state index contributed by atoms with van der Waals surface area (Å²) in [5.41, 5.74) is 4.66. The Balaban J connectivity index is 1.26. The van der Waals surface area contributed by atoms with E-state index >= 15 is 0 Å². The molecule has 2 N–H and O–H groups in total. The van der Waals surface area contributed by atoms with Crippen LogP contribution in [-0.2, 0) is 14.3 Å². The number of hydrogen-bond donors (Lipinski definition) is 2. The number of aliphatic carboxylic acids is 1. The summed E-state index contributed by atoms with van der Waals surface area (Å²) in [6.45, 7) is 0.711. The number of carboxylic acid groups (broad SMARTS) is 1. The fourth-order valence-corrected chi connectivity index (χ4v) is 4.91. The van der Waals surface area contributed by atoms with Crippen molar-refractivity contribution in [3.63, 3.8) is 0 Å². The molecule has 7 nitrogen and oxygen atoms in total. The van der Waals surface area contributed by atoms with Gasteiger partial charge >= 0.3 is 12.1 Å². The number of fused-ring (bicyclic) bond motifs is 3. The molecular formula is C25H28N2O5S. The Hall–Kier alpha value is -3.00. The number of nitrogens with one attached hydrogen (secondary N) is 1. The molecule has 2 aliphatic carbocycles. The SMILES string of the molecule is CSCCN(CC(=O)O)C(=O)[C@H]1C[C@H]1CNC(=O)OCC1c2ccccc2-c2ccccc21. The topological polar surface area (TPSA) is 95.9 Å². The molecule has 0 aromatic heterocycles. The van der Waals surface area contributed by atoms with Gasteiger partial charge < -0.3 is 20.1 Å². The molecule has 0 bridgehead atoms. The van der Waals surface area contributed by atoms with E-state index in [1.54, 1.807) is 11.8 Å². The van der Waals surface area contributed by atoms with Crippen LogP contribution in [0.1, 0.15) is 23.5 Å². The summed E-state index contributed by atoms with van der Waals surface area (Å²) in [5, 5.41) is 11.8. The lowest BCUT2D eigenvalue weighted by atomic mass is 9.98. The zero-order valence-corrected chi connectivity index (χ0v) is 19.3. The molecular weight excluding hydrogens is 440 g/mol. The number of carboxylic acids is 1. The minimum atomic E-state index is -1.02. The highest BCUT2D eigenvalue weighted by molar-refractivity contribution is 7.98. The van der Waals surface area contributed by atoms with Crippen molar-refractivity contribution in [3.8, 4) is 11.1 Å². The van der Waals surface area contributed by atoms with Gasteiger partial charge in [-0.1, -0.05) is 48.5 Å². The lowest BCUT2D eigenvalue weighted by Gasteiger charge is -2.20. The predicted octanol–water partition coefficient (Wildman–Crippen LogP) is 3.44. The number of nitrogens with zero attached hydrogens (tertiary/aromatic N) is 1. The summed E-state index contributed by atoms with van der Waals surface area (Å²) in [4.78, 5) is 37.5. The third kappa shape index (κ3) is 5.33. The number of ether oxygens (including phenoxy) is 1. The molecule has 0 radical (unpaired) electrons. The highest BCUT2D eigenvalue weighted by Crippen LogP contribution is 2.44. The molecule has 33 heavy (non-hydrogen) atoms. The van der Waals surface area contributed by atoms with Crippen molar-refractivity contribution in [2.24, 2.45) is 11.8 Å². The highest BCUT2D eigenvalue weighted by atomic mass is 32.2. The fraction of sp³-hybridized carbons (Fsp3) is 0.400. The van der Waals surface area contributed by atoms with Crippen LogP contribution in [0.25, 0.3) is 11.1 Å². The largest absolute Gasteiger partial charge is 0.480 e. The molecule has 0 saturated heterocycles. The molecule has 1 saturated carbocycles. The second-order valence-corrected chi connectivity index (χ2v) is 9.44. The molecule has 4 rings (SSSR count). The quantitative estimate of drug-likeness (QED) is 0.555. The van der Waals surface area contributed by atoms with Gasteiger partial charge in [-0.25, -0.2) is 4.79 Å². The summed E-state index contributed by atoms with van der Waals surface area (Å²) in [6.07, 6.45) is 2.07. The Morgan fingerprint density at radius 2 is 1.73 bits per heavy atom. The number of amides is 2. The summed E-state index contributed by atoms with van der Waals surface area (Å²) < 4.78 is 5.54. The number of alkyl carbamates (subject to hydrolysis) is 1. The normalized spacial score (nSPS) is 18.2. The van der Waals surface area contributed by atoms with Gasteiger partial charge in [0, 0.05) is 30.7 Å². The minimum absolute atomic E-state index is 0.000543. The number of thioether (sulfide) groups is 1. The van der Waals surface area contributed by atoms with Crippen molar-refractivity contribution in [3.05, 3.63) is 59.7 Å². The van der Waals surface area contributed by atoms with Crippen molar-refractivity contribution in [1.29, 1.82) is 0 Å². The maximum Gasteiger partial charge on any atom is 0.407 e. The zero-order valence-electron chi connectivity index (χ0n) is 18.5. The third-order valence-electron chi connectivity index (χ3n) is 6.30. The van der Waals surface area contributed by atoms with Gasteiger partial charge in [-0.2, -0.15) is 11.8 Å². The second-order valence-electron chi connectivity index (χ2n) is 8.46. The molecule has 1 fully saturated rings.